The second-order valence-corrected chi connectivity index (χ2v) is 7.99. The Morgan fingerprint density at radius 1 is 1.17 bits per heavy atom. The van der Waals surface area contributed by atoms with Crippen LogP contribution in [0.1, 0.15) is 5.56 Å². The highest BCUT2D eigenvalue weighted by Crippen LogP contribution is 2.32. The molecule has 3 rings (SSSR count). The van der Waals surface area contributed by atoms with E-state index < -0.39 is 28.1 Å². The molecule has 0 aliphatic carbocycles. The number of fused-ring (bicyclic) bond motifs is 1. The minimum absolute atomic E-state index is 0.452. The Hall–Kier alpha value is -2.40. The Bertz CT molecular complexity index is 953. The molecule has 0 spiro atoms. The molecule has 126 valence electrons. The summed E-state index contributed by atoms with van der Waals surface area (Å²) in [5.41, 5.74) is 1.74. The van der Waals surface area contributed by atoms with Gasteiger partial charge >= 0.3 is 10.2 Å². The first kappa shape index (κ1) is 16.5. The van der Waals surface area contributed by atoms with Crippen molar-refractivity contribution < 1.29 is 18.0 Å². The van der Waals surface area contributed by atoms with Crippen LogP contribution in [-0.2, 0) is 19.8 Å². The minimum atomic E-state index is -4.13. The molecule has 24 heavy (non-hydrogen) atoms. The van der Waals surface area contributed by atoms with E-state index in [1.165, 1.54) is 0 Å². The predicted molar refractivity (Wildman–Crippen MR) is 87.1 cm³/mol. The van der Waals surface area contributed by atoms with Crippen LogP contribution in [-0.4, -0.2) is 53.4 Å². The molecule has 9 nitrogen and oxygen atoms in total. The molecule has 0 unspecified atom stereocenters. The van der Waals surface area contributed by atoms with E-state index in [4.69, 9.17) is 0 Å². The number of aryl methyl sites for hydroxylation is 1. The number of hydrogen-bond acceptors (Lipinski definition) is 8. The molecule has 1 aromatic heterocycles. The molecular formula is C13H13N5O4S2. The Morgan fingerprint density at radius 3 is 2.42 bits per heavy atom. The Labute approximate surface area is 141 Å². The molecule has 1 saturated heterocycles. The van der Waals surface area contributed by atoms with E-state index in [1.807, 2.05) is 25.1 Å². The van der Waals surface area contributed by atoms with Crippen molar-refractivity contribution in [1.29, 1.82) is 0 Å². The lowest BCUT2D eigenvalue weighted by atomic mass is 10.2. The average molecular weight is 367 g/mol. The normalized spacial score (nSPS) is 19.0. The lowest BCUT2D eigenvalue weighted by Crippen LogP contribution is -2.58. The zero-order valence-electron chi connectivity index (χ0n) is 13.0. The second kappa shape index (κ2) is 5.60. The van der Waals surface area contributed by atoms with Gasteiger partial charge in [0.15, 0.2) is 5.00 Å². The van der Waals surface area contributed by atoms with E-state index in [1.54, 1.807) is 0 Å². The number of carbonyl (C=O) groups is 2. The number of carbonyl (C=O) groups excluding carboxylic acids is 2. The number of rotatable bonds is 2. The van der Waals surface area contributed by atoms with Crippen LogP contribution < -0.4 is 0 Å². The number of aromatic nitrogens is 1. The first-order valence-electron chi connectivity index (χ1n) is 6.81. The van der Waals surface area contributed by atoms with Crippen molar-refractivity contribution in [1.82, 2.24) is 13.0 Å². The fourth-order valence-corrected chi connectivity index (χ4v) is 3.90. The maximum atomic E-state index is 12.1. The monoisotopic (exact) mass is 367 g/mol. The van der Waals surface area contributed by atoms with Crippen molar-refractivity contribution in [3.05, 3.63) is 23.8 Å². The summed E-state index contributed by atoms with van der Waals surface area (Å²) in [5.74, 6) is -1.88. The third-order valence-corrected chi connectivity index (χ3v) is 6.16. The Kier molecular flexibility index (Phi) is 3.84. The number of hydrogen-bond donors (Lipinski definition) is 0. The topological polar surface area (TPSA) is 112 Å². The van der Waals surface area contributed by atoms with Gasteiger partial charge in [0.1, 0.15) is 0 Å². The fraction of sp³-hybridized carbons (Fsp3) is 0.308. The predicted octanol–water partition coefficient (Wildman–Crippen LogP) is 1.23. The summed E-state index contributed by atoms with van der Waals surface area (Å²) in [7, 11) is -1.97. The van der Waals surface area contributed by atoms with Crippen LogP contribution in [0.15, 0.2) is 28.4 Å². The van der Waals surface area contributed by atoms with Gasteiger partial charge in [0.05, 0.1) is 5.52 Å². The van der Waals surface area contributed by atoms with Crippen molar-refractivity contribution in [2.45, 2.75) is 13.0 Å². The highest BCUT2D eigenvalue weighted by Gasteiger charge is 2.46. The quantitative estimate of drug-likeness (QED) is 0.585. The highest BCUT2D eigenvalue weighted by atomic mass is 32.2. The van der Waals surface area contributed by atoms with E-state index in [0.717, 1.165) is 42.1 Å². The third-order valence-electron chi connectivity index (χ3n) is 3.66. The maximum Gasteiger partial charge on any atom is 0.330 e. The number of nitrogens with zero attached hydrogens (tertiary/aromatic N) is 5. The van der Waals surface area contributed by atoms with Crippen molar-refractivity contribution in [2.24, 2.45) is 10.2 Å². The summed E-state index contributed by atoms with van der Waals surface area (Å²) in [6, 6.07) is 4.10. The SMILES string of the molecule is Cc1ccc2nsc(N=NC3C(=O)N(C)S(=O)(=O)N(C)C3=O)c2c1. The molecule has 0 atom stereocenters. The van der Waals surface area contributed by atoms with Crippen molar-refractivity contribution in [3.8, 4) is 0 Å². The van der Waals surface area contributed by atoms with E-state index in [0.29, 0.717) is 13.6 Å². The first-order chi connectivity index (χ1) is 11.2. The summed E-state index contributed by atoms with van der Waals surface area (Å²) in [4.78, 5) is 24.2. The third kappa shape index (κ3) is 2.45. The van der Waals surface area contributed by atoms with E-state index in [-0.39, 0.29) is 0 Å². The summed E-state index contributed by atoms with van der Waals surface area (Å²) in [6.45, 7) is 1.92. The molecule has 1 aromatic carbocycles. The summed E-state index contributed by atoms with van der Waals surface area (Å²) in [5, 5.41) is 8.96. The Morgan fingerprint density at radius 2 is 1.79 bits per heavy atom. The summed E-state index contributed by atoms with van der Waals surface area (Å²) in [6.07, 6.45) is 0. The van der Waals surface area contributed by atoms with Crippen LogP contribution in [0.5, 0.6) is 0 Å². The van der Waals surface area contributed by atoms with E-state index in [2.05, 4.69) is 14.6 Å². The second-order valence-electron chi connectivity index (χ2n) is 5.25. The minimum Gasteiger partial charge on any atom is -0.271 e. The van der Waals surface area contributed by atoms with Gasteiger partial charge < -0.3 is 0 Å². The van der Waals surface area contributed by atoms with Crippen molar-refractivity contribution >= 4 is 49.5 Å². The molecule has 2 heterocycles. The molecule has 11 heteroatoms. The zero-order valence-corrected chi connectivity index (χ0v) is 14.6. The molecular weight excluding hydrogens is 354 g/mol. The van der Waals surface area contributed by atoms with Gasteiger partial charge in [-0.2, -0.15) is 17.9 Å². The van der Waals surface area contributed by atoms with Crippen molar-refractivity contribution in [2.75, 3.05) is 14.1 Å². The van der Waals surface area contributed by atoms with Crippen molar-refractivity contribution in [3.63, 3.8) is 0 Å². The van der Waals surface area contributed by atoms with Gasteiger partial charge in [-0.25, -0.2) is 8.61 Å². The van der Waals surface area contributed by atoms with Gasteiger partial charge in [-0.3, -0.25) is 9.59 Å². The smallest absolute Gasteiger partial charge is 0.271 e. The molecule has 0 N–H and O–H groups in total. The molecule has 0 bridgehead atoms. The molecule has 1 aliphatic heterocycles. The highest BCUT2D eigenvalue weighted by molar-refractivity contribution is 7.88. The molecule has 0 radical (unpaired) electrons. The number of amides is 2. The van der Waals surface area contributed by atoms with Crippen LogP contribution >= 0.6 is 11.5 Å². The molecule has 2 aromatic rings. The molecule has 2 amide bonds. The molecule has 0 saturated carbocycles. The lowest BCUT2D eigenvalue weighted by molar-refractivity contribution is -0.139. The van der Waals surface area contributed by atoms with Crippen LogP contribution in [0.25, 0.3) is 10.9 Å². The van der Waals surface area contributed by atoms with Gasteiger partial charge in [-0.15, -0.1) is 5.11 Å². The molecule has 1 aliphatic rings. The van der Waals surface area contributed by atoms with Crippen LogP contribution in [0.4, 0.5) is 5.00 Å². The van der Waals surface area contributed by atoms with Gasteiger partial charge in [0, 0.05) is 19.5 Å². The number of azo groups is 1. The fourth-order valence-electron chi connectivity index (χ4n) is 2.18. The van der Waals surface area contributed by atoms with Gasteiger partial charge in [0.2, 0.25) is 6.04 Å². The van der Waals surface area contributed by atoms with Gasteiger partial charge in [-0.1, -0.05) is 11.6 Å². The maximum absolute atomic E-state index is 12.1. The van der Waals surface area contributed by atoms with Gasteiger partial charge in [-0.05, 0) is 30.6 Å². The van der Waals surface area contributed by atoms with Crippen LogP contribution in [0.2, 0.25) is 0 Å². The van der Waals surface area contributed by atoms with Gasteiger partial charge in [0.25, 0.3) is 11.8 Å². The summed E-state index contributed by atoms with van der Waals surface area (Å²) >= 11 is 1.09. The van der Waals surface area contributed by atoms with E-state index >= 15 is 0 Å². The average Bonchev–Trinajstić information content (AvgIpc) is 2.94. The molecule has 1 fully saturated rings. The first-order valence-corrected chi connectivity index (χ1v) is 8.98. The van der Waals surface area contributed by atoms with Crippen LogP contribution in [0.3, 0.4) is 0 Å². The number of benzene rings is 1. The number of likely N-dealkylation sites (N-methyl/N-ethyl adjacent to an activating group) is 2. The largest absolute Gasteiger partial charge is 0.330 e. The lowest BCUT2D eigenvalue weighted by Gasteiger charge is -2.31. The Balaban J connectivity index is 1.97. The van der Waals surface area contributed by atoms with Crippen LogP contribution in [0, 0.1) is 6.92 Å². The summed E-state index contributed by atoms with van der Waals surface area (Å²) < 4.78 is 28.9. The zero-order chi connectivity index (χ0) is 17.6. The standard InChI is InChI=1S/C13H13N5O4S2/c1-7-4-5-9-8(6-7)11(23-16-9)15-14-10-12(19)17(2)24(21,22)18(3)13(10)20/h4-6,10H,1-3H3. The van der Waals surface area contributed by atoms with E-state index in [9.17, 15) is 18.0 Å².